The van der Waals surface area contributed by atoms with E-state index in [2.05, 4.69) is 27.6 Å². The first kappa shape index (κ1) is 20.7. The van der Waals surface area contributed by atoms with Gasteiger partial charge in [-0.2, -0.15) is 0 Å². The van der Waals surface area contributed by atoms with Gasteiger partial charge in [0.1, 0.15) is 0 Å². The summed E-state index contributed by atoms with van der Waals surface area (Å²) in [4.78, 5) is 0. The number of hydrogen-bond donors (Lipinski definition) is 0. The van der Waals surface area contributed by atoms with Gasteiger partial charge < -0.3 is 4.48 Å². The van der Waals surface area contributed by atoms with E-state index in [1.165, 1.54) is 96.4 Å². The third-order valence-electron chi connectivity index (χ3n) is 4.58. The molecule has 0 atom stereocenters. The Morgan fingerprint density at radius 3 is 1.29 bits per heavy atom. The normalized spacial score (nSPS) is 11.8. The summed E-state index contributed by atoms with van der Waals surface area (Å²) < 4.78 is 0.957. The molecule has 0 amide bonds. The topological polar surface area (TPSA) is 0 Å². The summed E-state index contributed by atoms with van der Waals surface area (Å²) in [6, 6.07) is 0. The molecular formula is C20H42N+. The lowest BCUT2D eigenvalue weighted by molar-refractivity contribution is -0.838. The predicted molar refractivity (Wildman–Crippen MR) is 97.5 cm³/mol. The van der Waals surface area contributed by atoms with Gasteiger partial charge in [0.25, 0.3) is 0 Å². The van der Waals surface area contributed by atoms with Gasteiger partial charge in [-0.1, -0.05) is 84.0 Å². The number of quaternary nitrogens is 1. The molecule has 0 heterocycles. The van der Waals surface area contributed by atoms with Crippen molar-refractivity contribution in [2.75, 3.05) is 20.6 Å². The Hall–Kier alpha value is -0.300. The van der Waals surface area contributed by atoms with Crippen LogP contribution in [0.25, 0.3) is 0 Å². The Labute approximate surface area is 135 Å². The zero-order valence-electron chi connectivity index (χ0n) is 15.3. The van der Waals surface area contributed by atoms with E-state index in [1.54, 1.807) is 0 Å². The molecule has 21 heavy (non-hydrogen) atoms. The van der Waals surface area contributed by atoms with Crippen LogP contribution in [0.2, 0.25) is 0 Å². The molecule has 1 heteroatoms. The molecular weight excluding hydrogens is 254 g/mol. The molecule has 0 N–H and O–H groups in total. The third-order valence-corrected chi connectivity index (χ3v) is 4.58. The molecule has 0 aliphatic rings. The average Bonchev–Trinajstić information content (AvgIpc) is 2.47. The molecule has 0 saturated carbocycles. The molecule has 126 valence electrons. The highest BCUT2D eigenvalue weighted by molar-refractivity contribution is 4.53. The van der Waals surface area contributed by atoms with E-state index in [0.717, 1.165) is 4.48 Å². The maximum atomic E-state index is 3.89. The number of nitrogens with zero attached hydrogens (tertiary/aromatic N) is 1. The van der Waals surface area contributed by atoms with Crippen LogP contribution in [0.15, 0.2) is 12.8 Å². The molecule has 0 aliphatic heterocycles. The zero-order valence-corrected chi connectivity index (χ0v) is 15.3. The second-order valence-electron chi connectivity index (χ2n) is 7.28. The number of hydrogen-bond acceptors (Lipinski definition) is 0. The second kappa shape index (κ2) is 14.6. The van der Waals surface area contributed by atoms with E-state index < -0.39 is 0 Å². The Kier molecular flexibility index (Phi) is 14.4. The van der Waals surface area contributed by atoms with Gasteiger partial charge in [-0.25, -0.2) is 0 Å². The highest BCUT2D eigenvalue weighted by Gasteiger charge is 2.08. The molecule has 0 aromatic rings. The van der Waals surface area contributed by atoms with Crippen LogP contribution in [0.5, 0.6) is 0 Å². The fourth-order valence-corrected chi connectivity index (χ4v) is 2.81. The Morgan fingerprint density at radius 1 is 0.619 bits per heavy atom. The SMILES string of the molecule is C=C[N+](C)(C)CCCCCCCCCCCCCCCC. The van der Waals surface area contributed by atoms with Crippen LogP contribution in [0.4, 0.5) is 0 Å². The van der Waals surface area contributed by atoms with E-state index in [1.807, 2.05) is 6.20 Å². The van der Waals surface area contributed by atoms with Crippen molar-refractivity contribution in [3.8, 4) is 0 Å². The molecule has 0 spiro atoms. The molecule has 0 unspecified atom stereocenters. The van der Waals surface area contributed by atoms with Crippen molar-refractivity contribution in [2.24, 2.45) is 0 Å². The standard InChI is InChI=1S/C20H42N/c1-5-7-8-9-10-11-12-13-14-15-16-17-18-19-20-21(3,4)6-2/h6H,2,5,7-20H2,1,3-4H3/q+1. The van der Waals surface area contributed by atoms with Gasteiger partial charge in [0.2, 0.25) is 0 Å². The monoisotopic (exact) mass is 296 g/mol. The predicted octanol–water partition coefficient (Wildman–Crippen LogP) is 6.69. The van der Waals surface area contributed by atoms with Gasteiger partial charge in [0.05, 0.1) is 26.8 Å². The second-order valence-corrected chi connectivity index (χ2v) is 7.28. The van der Waals surface area contributed by atoms with Gasteiger partial charge in [-0.05, 0) is 19.4 Å². The summed E-state index contributed by atoms with van der Waals surface area (Å²) in [5.41, 5.74) is 0. The van der Waals surface area contributed by atoms with Crippen LogP contribution in [0, 0.1) is 0 Å². The molecule has 0 fully saturated rings. The van der Waals surface area contributed by atoms with E-state index in [0.29, 0.717) is 0 Å². The Balaban J connectivity index is 3.08. The van der Waals surface area contributed by atoms with E-state index in [4.69, 9.17) is 0 Å². The van der Waals surface area contributed by atoms with Crippen molar-refractivity contribution in [2.45, 2.75) is 96.8 Å². The van der Waals surface area contributed by atoms with Crippen molar-refractivity contribution < 1.29 is 4.48 Å². The molecule has 0 aromatic carbocycles. The minimum absolute atomic E-state index is 0.957. The summed E-state index contributed by atoms with van der Waals surface area (Å²) >= 11 is 0. The molecule has 1 nitrogen and oxygen atoms in total. The van der Waals surface area contributed by atoms with Gasteiger partial charge >= 0.3 is 0 Å². The van der Waals surface area contributed by atoms with Gasteiger partial charge in [-0.15, -0.1) is 0 Å². The lowest BCUT2D eigenvalue weighted by atomic mass is 10.0. The zero-order chi connectivity index (χ0) is 15.8. The minimum Gasteiger partial charge on any atom is -0.303 e. The maximum Gasteiger partial charge on any atom is 0.0881 e. The Bertz CT molecular complexity index is 220. The van der Waals surface area contributed by atoms with Crippen LogP contribution in [-0.2, 0) is 0 Å². The fraction of sp³-hybridized carbons (Fsp3) is 0.900. The van der Waals surface area contributed by atoms with Gasteiger partial charge in [-0.3, -0.25) is 0 Å². The molecule has 0 radical (unpaired) electrons. The van der Waals surface area contributed by atoms with E-state index in [-0.39, 0.29) is 0 Å². The average molecular weight is 297 g/mol. The van der Waals surface area contributed by atoms with Crippen LogP contribution < -0.4 is 0 Å². The molecule has 0 rings (SSSR count). The maximum absolute atomic E-state index is 3.89. The van der Waals surface area contributed by atoms with Crippen molar-refractivity contribution in [3.05, 3.63) is 12.8 Å². The number of rotatable bonds is 16. The highest BCUT2D eigenvalue weighted by Crippen LogP contribution is 2.13. The van der Waals surface area contributed by atoms with Gasteiger partial charge in [0, 0.05) is 0 Å². The molecule has 0 aromatic heterocycles. The van der Waals surface area contributed by atoms with E-state index in [9.17, 15) is 0 Å². The molecule has 0 aliphatic carbocycles. The first-order chi connectivity index (χ1) is 10.1. The first-order valence-corrected chi connectivity index (χ1v) is 9.58. The first-order valence-electron chi connectivity index (χ1n) is 9.58. The Morgan fingerprint density at radius 2 is 0.952 bits per heavy atom. The minimum atomic E-state index is 0.957. The van der Waals surface area contributed by atoms with Crippen LogP contribution in [-0.4, -0.2) is 25.1 Å². The van der Waals surface area contributed by atoms with Crippen LogP contribution >= 0.6 is 0 Å². The quantitative estimate of drug-likeness (QED) is 0.220. The lowest BCUT2D eigenvalue weighted by Crippen LogP contribution is -2.33. The fourth-order valence-electron chi connectivity index (χ4n) is 2.81. The lowest BCUT2D eigenvalue weighted by Gasteiger charge is -2.24. The molecule has 0 bridgehead atoms. The van der Waals surface area contributed by atoms with Gasteiger partial charge in [0.15, 0.2) is 0 Å². The van der Waals surface area contributed by atoms with Crippen molar-refractivity contribution in [1.29, 1.82) is 0 Å². The third kappa shape index (κ3) is 15.9. The summed E-state index contributed by atoms with van der Waals surface area (Å²) in [6.07, 6.45) is 22.2. The highest BCUT2D eigenvalue weighted by atomic mass is 15.3. The molecule has 0 saturated heterocycles. The summed E-state index contributed by atoms with van der Waals surface area (Å²) in [7, 11) is 4.46. The van der Waals surface area contributed by atoms with E-state index >= 15 is 0 Å². The van der Waals surface area contributed by atoms with Crippen LogP contribution in [0.3, 0.4) is 0 Å². The largest absolute Gasteiger partial charge is 0.303 e. The van der Waals surface area contributed by atoms with Crippen molar-refractivity contribution in [3.63, 3.8) is 0 Å². The van der Waals surface area contributed by atoms with Crippen molar-refractivity contribution >= 4 is 0 Å². The summed E-state index contributed by atoms with van der Waals surface area (Å²) in [5.74, 6) is 0. The number of unbranched alkanes of at least 4 members (excludes halogenated alkanes) is 13. The van der Waals surface area contributed by atoms with Crippen molar-refractivity contribution in [1.82, 2.24) is 0 Å². The smallest absolute Gasteiger partial charge is 0.0881 e. The van der Waals surface area contributed by atoms with Crippen LogP contribution in [0.1, 0.15) is 96.8 Å². The summed E-state index contributed by atoms with van der Waals surface area (Å²) in [6.45, 7) is 7.42. The summed E-state index contributed by atoms with van der Waals surface area (Å²) in [5, 5.41) is 0.